The van der Waals surface area contributed by atoms with E-state index >= 15 is 0 Å². The maximum atomic E-state index is 11.7. The normalized spacial score (nSPS) is 10.1. The SMILES string of the molecule is COc1cc(NC(=O)Cc2csc(N)n2)ccn1. The van der Waals surface area contributed by atoms with Crippen LogP contribution in [0.3, 0.4) is 0 Å². The molecule has 7 heteroatoms. The van der Waals surface area contributed by atoms with Crippen LogP contribution < -0.4 is 15.8 Å². The molecule has 0 aromatic carbocycles. The average Bonchev–Trinajstić information content (AvgIpc) is 2.74. The van der Waals surface area contributed by atoms with Crippen LogP contribution in [-0.4, -0.2) is 23.0 Å². The molecule has 0 saturated carbocycles. The fraction of sp³-hybridized carbons (Fsp3) is 0.182. The summed E-state index contributed by atoms with van der Waals surface area (Å²) in [5.74, 6) is 0.291. The molecule has 2 aromatic rings. The number of carbonyl (C=O) groups excluding carboxylic acids is 1. The van der Waals surface area contributed by atoms with Gasteiger partial charge in [-0.15, -0.1) is 11.3 Å². The number of hydrogen-bond acceptors (Lipinski definition) is 6. The van der Waals surface area contributed by atoms with Gasteiger partial charge < -0.3 is 15.8 Å². The number of ether oxygens (including phenoxy) is 1. The first kappa shape index (κ1) is 12.3. The lowest BCUT2D eigenvalue weighted by atomic mass is 10.3. The molecule has 0 saturated heterocycles. The predicted octanol–water partition coefficient (Wildman–Crippen LogP) is 1.31. The second-order valence-electron chi connectivity index (χ2n) is 3.49. The zero-order valence-electron chi connectivity index (χ0n) is 9.71. The number of rotatable bonds is 4. The third-order valence-electron chi connectivity index (χ3n) is 2.14. The van der Waals surface area contributed by atoms with Gasteiger partial charge in [0.1, 0.15) is 0 Å². The zero-order chi connectivity index (χ0) is 13.0. The monoisotopic (exact) mass is 264 g/mol. The van der Waals surface area contributed by atoms with Crippen molar-refractivity contribution in [3.63, 3.8) is 0 Å². The molecular formula is C11H12N4O2S. The lowest BCUT2D eigenvalue weighted by Gasteiger charge is -2.05. The summed E-state index contributed by atoms with van der Waals surface area (Å²) in [7, 11) is 1.52. The van der Waals surface area contributed by atoms with Crippen molar-refractivity contribution in [1.29, 1.82) is 0 Å². The number of nitrogens with zero attached hydrogens (tertiary/aromatic N) is 2. The Hall–Kier alpha value is -2.15. The Morgan fingerprint density at radius 3 is 3.11 bits per heavy atom. The van der Waals surface area contributed by atoms with Crippen molar-refractivity contribution >= 4 is 28.1 Å². The van der Waals surface area contributed by atoms with E-state index in [1.54, 1.807) is 23.7 Å². The number of methoxy groups -OCH3 is 1. The summed E-state index contributed by atoms with van der Waals surface area (Å²) in [6, 6.07) is 3.34. The number of hydrogen-bond donors (Lipinski definition) is 2. The van der Waals surface area contributed by atoms with Gasteiger partial charge in [-0.3, -0.25) is 4.79 Å². The molecule has 6 nitrogen and oxygen atoms in total. The Bertz CT molecular complexity index is 555. The quantitative estimate of drug-likeness (QED) is 0.869. The van der Waals surface area contributed by atoms with E-state index in [1.807, 2.05) is 0 Å². The maximum absolute atomic E-state index is 11.7. The van der Waals surface area contributed by atoms with Crippen LogP contribution in [0.4, 0.5) is 10.8 Å². The van der Waals surface area contributed by atoms with E-state index in [1.165, 1.54) is 18.4 Å². The lowest BCUT2D eigenvalue weighted by molar-refractivity contribution is -0.115. The van der Waals surface area contributed by atoms with E-state index in [0.29, 0.717) is 22.4 Å². The van der Waals surface area contributed by atoms with Gasteiger partial charge in [0, 0.05) is 23.3 Å². The highest BCUT2D eigenvalue weighted by atomic mass is 32.1. The molecule has 1 amide bonds. The van der Waals surface area contributed by atoms with Gasteiger partial charge >= 0.3 is 0 Å². The van der Waals surface area contributed by atoms with E-state index < -0.39 is 0 Å². The van der Waals surface area contributed by atoms with Crippen LogP contribution in [0, 0.1) is 0 Å². The number of nitrogens with one attached hydrogen (secondary N) is 1. The summed E-state index contributed by atoms with van der Waals surface area (Å²) in [5, 5.41) is 4.97. The van der Waals surface area contributed by atoms with Crippen molar-refractivity contribution < 1.29 is 9.53 Å². The number of pyridine rings is 1. The third-order valence-corrected chi connectivity index (χ3v) is 2.86. The van der Waals surface area contributed by atoms with Crippen LogP contribution in [0.1, 0.15) is 5.69 Å². The van der Waals surface area contributed by atoms with E-state index in [2.05, 4.69) is 15.3 Å². The number of anilines is 2. The fourth-order valence-corrected chi connectivity index (χ4v) is 1.94. The summed E-state index contributed by atoms with van der Waals surface area (Å²) in [6.07, 6.45) is 1.76. The molecule has 18 heavy (non-hydrogen) atoms. The molecule has 2 aromatic heterocycles. The zero-order valence-corrected chi connectivity index (χ0v) is 10.5. The van der Waals surface area contributed by atoms with E-state index in [4.69, 9.17) is 10.5 Å². The maximum Gasteiger partial charge on any atom is 0.230 e. The summed E-state index contributed by atoms with van der Waals surface area (Å²) in [4.78, 5) is 19.7. The minimum Gasteiger partial charge on any atom is -0.481 e. The summed E-state index contributed by atoms with van der Waals surface area (Å²) < 4.78 is 4.97. The van der Waals surface area contributed by atoms with Crippen LogP contribution >= 0.6 is 11.3 Å². The first-order valence-electron chi connectivity index (χ1n) is 5.17. The number of nitrogens with two attached hydrogens (primary N) is 1. The highest BCUT2D eigenvalue weighted by Gasteiger charge is 2.07. The van der Waals surface area contributed by atoms with Gasteiger partial charge in [-0.2, -0.15) is 0 Å². The molecule has 2 heterocycles. The Morgan fingerprint density at radius 2 is 2.44 bits per heavy atom. The van der Waals surface area contributed by atoms with Crippen molar-refractivity contribution in [2.45, 2.75) is 6.42 Å². The van der Waals surface area contributed by atoms with Gasteiger partial charge in [-0.1, -0.05) is 0 Å². The van der Waals surface area contributed by atoms with E-state index in [9.17, 15) is 4.79 Å². The summed E-state index contributed by atoms with van der Waals surface area (Å²) >= 11 is 1.32. The van der Waals surface area contributed by atoms with Gasteiger partial charge in [0.25, 0.3) is 0 Å². The molecule has 0 aliphatic rings. The van der Waals surface area contributed by atoms with E-state index in [-0.39, 0.29) is 12.3 Å². The molecule has 0 bridgehead atoms. The number of nitrogen functional groups attached to an aromatic ring is 1. The smallest absolute Gasteiger partial charge is 0.230 e. The fourth-order valence-electron chi connectivity index (χ4n) is 1.37. The Kier molecular flexibility index (Phi) is 3.73. The van der Waals surface area contributed by atoms with Crippen LogP contribution in [0.25, 0.3) is 0 Å². The van der Waals surface area contributed by atoms with Crippen molar-refractivity contribution in [3.8, 4) is 5.88 Å². The standard InChI is InChI=1S/C11H12N4O2S/c1-17-10-5-7(2-3-13-10)14-9(16)4-8-6-18-11(12)15-8/h2-3,5-6H,4H2,1H3,(H2,12,15)(H,13,14,16). The van der Waals surface area contributed by atoms with Gasteiger partial charge in [0.05, 0.1) is 19.2 Å². The molecular weight excluding hydrogens is 252 g/mol. The molecule has 0 aliphatic heterocycles. The molecule has 2 rings (SSSR count). The number of carbonyl (C=O) groups is 1. The van der Waals surface area contributed by atoms with Crippen LogP contribution in [0.15, 0.2) is 23.7 Å². The predicted molar refractivity (Wildman–Crippen MR) is 69.6 cm³/mol. The largest absolute Gasteiger partial charge is 0.481 e. The highest BCUT2D eigenvalue weighted by molar-refractivity contribution is 7.13. The summed E-state index contributed by atoms with van der Waals surface area (Å²) in [6.45, 7) is 0. The van der Waals surface area contributed by atoms with E-state index in [0.717, 1.165) is 0 Å². The molecule has 3 N–H and O–H groups in total. The van der Waals surface area contributed by atoms with Crippen molar-refractivity contribution in [2.75, 3.05) is 18.2 Å². The molecule has 0 radical (unpaired) electrons. The number of amides is 1. The molecule has 94 valence electrons. The van der Waals surface area contributed by atoms with Crippen molar-refractivity contribution in [1.82, 2.24) is 9.97 Å². The average molecular weight is 264 g/mol. The molecule has 0 atom stereocenters. The lowest BCUT2D eigenvalue weighted by Crippen LogP contribution is -2.14. The van der Waals surface area contributed by atoms with Crippen molar-refractivity contribution in [2.24, 2.45) is 0 Å². The molecule has 0 fully saturated rings. The van der Waals surface area contributed by atoms with Gasteiger partial charge in [0.15, 0.2) is 5.13 Å². The van der Waals surface area contributed by atoms with Crippen LogP contribution in [0.2, 0.25) is 0 Å². The molecule has 0 aliphatic carbocycles. The van der Waals surface area contributed by atoms with Gasteiger partial charge in [0.2, 0.25) is 11.8 Å². The third kappa shape index (κ3) is 3.17. The number of thiazole rings is 1. The molecule has 0 spiro atoms. The second-order valence-corrected chi connectivity index (χ2v) is 4.38. The number of aromatic nitrogens is 2. The van der Waals surface area contributed by atoms with Crippen LogP contribution in [-0.2, 0) is 11.2 Å². The first-order valence-corrected chi connectivity index (χ1v) is 6.05. The van der Waals surface area contributed by atoms with Crippen LogP contribution in [0.5, 0.6) is 5.88 Å². The Morgan fingerprint density at radius 1 is 1.61 bits per heavy atom. The Labute approximate surface area is 108 Å². The first-order chi connectivity index (χ1) is 8.67. The van der Waals surface area contributed by atoms with Gasteiger partial charge in [-0.05, 0) is 6.07 Å². The molecule has 0 unspecified atom stereocenters. The highest BCUT2D eigenvalue weighted by Crippen LogP contribution is 2.15. The topological polar surface area (TPSA) is 90.1 Å². The van der Waals surface area contributed by atoms with Gasteiger partial charge in [-0.25, -0.2) is 9.97 Å². The van der Waals surface area contributed by atoms with Crippen molar-refractivity contribution in [3.05, 3.63) is 29.4 Å². The Balaban J connectivity index is 1.98. The summed E-state index contributed by atoms with van der Waals surface area (Å²) in [5.41, 5.74) is 6.79. The second kappa shape index (κ2) is 5.46. The minimum atomic E-state index is -0.159. The minimum absolute atomic E-state index is 0.159.